The summed E-state index contributed by atoms with van der Waals surface area (Å²) in [6, 6.07) is 20.2. The summed E-state index contributed by atoms with van der Waals surface area (Å²) in [6.45, 7) is 5.57. The van der Waals surface area contributed by atoms with Crippen LogP contribution < -0.4 is 19.6 Å². The van der Waals surface area contributed by atoms with Gasteiger partial charge in [0.05, 0.1) is 13.3 Å². The molecular weight excluding hydrogens is 474 g/mol. The van der Waals surface area contributed by atoms with Crippen LogP contribution in [-0.2, 0) is 11.4 Å². The first-order valence-corrected chi connectivity index (χ1v) is 11.5. The van der Waals surface area contributed by atoms with Crippen molar-refractivity contribution < 1.29 is 28.2 Å². The number of rotatable bonds is 9. The van der Waals surface area contributed by atoms with E-state index in [1.165, 1.54) is 20.2 Å². The third-order valence-corrected chi connectivity index (χ3v) is 5.48. The number of ether oxygens (including phenoxy) is 3. The molecule has 9 nitrogen and oxygen atoms in total. The Morgan fingerprint density at radius 1 is 1.00 bits per heavy atom. The smallest absolute Gasteiger partial charge is 0.308 e. The molecule has 0 atom stereocenters. The second kappa shape index (κ2) is 11.3. The Hall–Kier alpha value is -4.79. The minimum absolute atomic E-state index is 0.0792. The van der Waals surface area contributed by atoms with E-state index in [2.05, 4.69) is 41.1 Å². The maximum atomic E-state index is 12.4. The fourth-order valence-electron chi connectivity index (χ4n) is 3.76. The van der Waals surface area contributed by atoms with Gasteiger partial charge in [-0.2, -0.15) is 5.10 Å². The summed E-state index contributed by atoms with van der Waals surface area (Å²) < 4.78 is 24.0. The summed E-state index contributed by atoms with van der Waals surface area (Å²) in [5, 5.41) is 3.94. The number of hydrogen-bond acceptors (Lipinski definition) is 7. The monoisotopic (exact) mass is 501 g/mol. The predicted molar refractivity (Wildman–Crippen MR) is 138 cm³/mol. The second-order valence-electron chi connectivity index (χ2n) is 8.17. The normalized spacial score (nSPS) is 10.9. The Morgan fingerprint density at radius 2 is 1.73 bits per heavy atom. The molecule has 1 amide bonds. The third-order valence-electron chi connectivity index (χ3n) is 5.48. The molecule has 0 saturated heterocycles. The van der Waals surface area contributed by atoms with Crippen LogP contribution in [0.25, 0.3) is 5.69 Å². The fraction of sp³-hybridized carbons (Fsp3) is 0.179. The largest absolute Gasteiger partial charge is 0.493 e. The molecule has 4 aromatic rings. The van der Waals surface area contributed by atoms with E-state index in [4.69, 9.17) is 18.6 Å². The Balaban J connectivity index is 1.34. The molecule has 0 unspecified atom stereocenters. The summed E-state index contributed by atoms with van der Waals surface area (Å²) in [5.74, 6) is 0.776. The molecule has 2 aromatic heterocycles. The molecule has 1 N–H and O–H groups in total. The quantitative estimate of drug-likeness (QED) is 0.150. The van der Waals surface area contributed by atoms with Gasteiger partial charge in [-0.05, 0) is 74.5 Å². The average Bonchev–Trinajstić information content (AvgIpc) is 3.50. The first-order chi connectivity index (χ1) is 17.9. The Bertz CT molecular complexity index is 1410. The van der Waals surface area contributed by atoms with Gasteiger partial charge in [-0.1, -0.05) is 6.07 Å². The van der Waals surface area contributed by atoms with Crippen LogP contribution in [0.2, 0.25) is 0 Å². The number of para-hydroxylation sites is 1. The number of carbonyl (C=O) groups excluding carboxylic acids is 2. The van der Waals surface area contributed by atoms with Crippen molar-refractivity contribution in [1.82, 2.24) is 9.99 Å². The molecular formula is C28H27N3O6. The van der Waals surface area contributed by atoms with Crippen LogP contribution in [0.5, 0.6) is 17.2 Å². The van der Waals surface area contributed by atoms with Gasteiger partial charge >= 0.3 is 11.9 Å². The van der Waals surface area contributed by atoms with Gasteiger partial charge in [0.25, 0.3) is 0 Å². The van der Waals surface area contributed by atoms with Crippen LogP contribution in [0, 0.1) is 13.8 Å². The zero-order chi connectivity index (χ0) is 26.4. The van der Waals surface area contributed by atoms with E-state index >= 15 is 0 Å². The number of aryl methyl sites for hydroxylation is 2. The van der Waals surface area contributed by atoms with Crippen molar-refractivity contribution >= 4 is 18.1 Å². The number of hydrogen-bond donors (Lipinski definition) is 1. The molecule has 37 heavy (non-hydrogen) atoms. The van der Waals surface area contributed by atoms with Crippen LogP contribution in [0.3, 0.4) is 0 Å². The van der Waals surface area contributed by atoms with E-state index in [9.17, 15) is 9.59 Å². The molecule has 0 aliphatic heterocycles. The lowest BCUT2D eigenvalue weighted by atomic mass is 10.2. The van der Waals surface area contributed by atoms with Gasteiger partial charge in [0.1, 0.15) is 18.1 Å². The zero-order valence-corrected chi connectivity index (χ0v) is 21.0. The number of amides is 1. The van der Waals surface area contributed by atoms with Crippen molar-refractivity contribution in [3.8, 4) is 22.9 Å². The average molecular weight is 502 g/mol. The Kier molecular flexibility index (Phi) is 7.73. The van der Waals surface area contributed by atoms with Crippen LogP contribution >= 0.6 is 0 Å². The number of aromatic nitrogens is 1. The fourth-order valence-corrected chi connectivity index (χ4v) is 3.76. The number of carbonyl (C=O) groups is 2. The third kappa shape index (κ3) is 6.07. The Morgan fingerprint density at radius 3 is 2.41 bits per heavy atom. The van der Waals surface area contributed by atoms with Crippen molar-refractivity contribution in [2.75, 3.05) is 7.11 Å². The highest BCUT2D eigenvalue weighted by Gasteiger charge is 2.13. The van der Waals surface area contributed by atoms with Crippen LogP contribution in [0.4, 0.5) is 0 Å². The molecule has 9 heteroatoms. The molecule has 0 bridgehead atoms. The predicted octanol–water partition coefficient (Wildman–Crippen LogP) is 4.96. The van der Waals surface area contributed by atoms with Crippen LogP contribution in [0.15, 0.2) is 76.2 Å². The highest BCUT2D eigenvalue weighted by atomic mass is 16.6. The summed E-state index contributed by atoms with van der Waals surface area (Å²) in [7, 11) is 1.46. The number of hydrazone groups is 1. The molecule has 0 aliphatic carbocycles. The number of furan rings is 1. The maximum absolute atomic E-state index is 12.4. The van der Waals surface area contributed by atoms with Gasteiger partial charge in [0, 0.05) is 29.6 Å². The summed E-state index contributed by atoms with van der Waals surface area (Å²) in [6.07, 6.45) is 1.35. The lowest BCUT2D eigenvalue weighted by molar-refractivity contribution is -0.132. The van der Waals surface area contributed by atoms with Crippen LogP contribution in [-0.4, -0.2) is 29.8 Å². The highest BCUT2D eigenvalue weighted by Crippen LogP contribution is 2.30. The SMILES string of the molecule is COc1cccc(/C=N\NC(=O)c2ccc(COc3ccc(-n4c(C)ccc4C)cc3)o2)c1OC(C)=O. The van der Waals surface area contributed by atoms with Gasteiger partial charge in [0.2, 0.25) is 0 Å². The minimum Gasteiger partial charge on any atom is -0.493 e. The van der Waals surface area contributed by atoms with Crippen molar-refractivity contribution in [2.24, 2.45) is 5.10 Å². The number of methoxy groups -OCH3 is 1. The number of esters is 1. The van der Waals surface area contributed by atoms with Gasteiger partial charge < -0.3 is 23.2 Å². The molecule has 0 saturated carbocycles. The van der Waals surface area contributed by atoms with Crippen molar-refractivity contribution in [2.45, 2.75) is 27.4 Å². The maximum Gasteiger partial charge on any atom is 0.308 e. The van der Waals surface area contributed by atoms with E-state index < -0.39 is 11.9 Å². The van der Waals surface area contributed by atoms with E-state index in [0.29, 0.717) is 22.8 Å². The van der Waals surface area contributed by atoms with Gasteiger partial charge in [-0.15, -0.1) is 0 Å². The van der Waals surface area contributed by atoms with Gasteiger partial charge in [0.15, 0.2) is 17.3 Å². The highest BCUT2D eigenvalue weighted by molar-refractivity contribution is 5.93. The van der Waals surface area contributed by atoms with E-state index in [0.717, 1.165) is 17.1 Å². The molecule has 0 spiro atoms. The topological polar surface area (TPSA) is 104 Å². The lowest BCUT2D eigenvalue weighted by Gasteiger charge is -2.10. The first-order valence-electron chi connectivity index (χ1n) is 11.5. The molecule has 190 valence electrons. The zero-order valence-electron chi connectivity index (χ0n) is 21.0. The van der Waals surface area contributed by atoms with E-state index in [-0.39, 0.29) is 18.1 Å². The summed E-state index contributed by atoms with van der Waals surface area (Å²) in [5.41, 5.74) is 6.22. The van der Waals surface area contributed by atoms with Gasteiger partial charge in [-0.25, -0.2) is 5.43 Å². The van der Waals surface area contributed by atoms with Crippen molar-refractivity contribution in [1.29, 1.82) is 0 Å². The van der Waals surface area contributed by atoms with E-state index in [1.54, 1.807) is 30.3 Å². The summed E-state index contributed by atoms with van der Waals surface area (Å²) >= 11 is 0. The standard InChI is InChI=1S/C28H27N3O6/c1-18-8-9-19(2)31(18)22-10-12-23(13-11-22)35-17-24-14-15-26(37-24)28(33)30-29-16-21-6-5-7-25(34-4)27(21)36-20(3)32/h5-16H,17H2,1-4H3,(H,30,33)/b29-16-. The molecule has 2 aromatic carbocycles. The molecule has 2 heterocycles. The molecule has 0 aliphatic rings. The molecule has 0 radical (unpaired) electrons. The second-order valence-corrected chi connectivity index (χ2v) is 8.17. The minimum atomic E-state index is -0.541. The number of benzene rings is 2. The lowest BCUT2D eigenvalue weighted by Crippen LogP contribution is -2.17. The Labute approximate surface area is 214 Å². The number of nitrogens with zero attached hydrogens (tertiary/aromatic N) is 2. The summed E-state index contributed by atoms with van der Waals surface area (Å²) in [4.78, 5) is 23.9. The molecule has 0 fully saturated rings. The van der Waals surface area contributed by atoms with Crippen molar-refractivity contribution in [3.63, 3.8) is 0 Å². The van der Waals surface area contributed by atoms with Crippen LogP contribution in [0.1, 0.15) is 40.2 Å². The van der Waals surface area contributed by atoms with E-state index in [1.807, 2.05) is 24.3 Å². The van der Waals surface area contributed by atoms with Crippen molar-refractivity contribution in [3.05, 3.63) is 95.2 Å². The molecule has 4 rings (SSSR count). The number of nitrogens with one attached hydrogen (secondary N) is 1. The first kappa shape index (κ1) is 25.3. The van der Waals surface area contributed by atoms with Gasteiger partial charge in [-0.3, -0.25) is 9.59 Å².